The van der Waals surface area contributed by atoms with E-state index in [0.717, 1.165) is 5.69 Å². The number of pyridine rings is 1. The van der Waals surface area contributed by atoms with Crippen LogP contribution in [0.3, 0.4) is 0 Å². The third kappa shape index (κ3) is 4.55. The van der Waals surface area contributed by atoms with Crippen LogP contribution < -0.4 is 11.0 Å². The van der Waals surface area contributed by atoms with E-state index in [1.165, 1.54) is 16.8 Å². The zero-order valence-corrected chi connectivity index (χ0v) is 14.6. The molecule has 0 spiro atoms. The molecule has 24 heavy (non-hydrogen) atoms. The van der Waals surface area contributed by atoms with Gasteiger partial charge in [0.05, 0.1) is 17.5 Å². The molecule has 2 aromatic rings. The highest BCUT2D eigenvalue weighted by Gasteiger charge is 2.12. The number of rotatable bonds is 6. The molecule has 0 aliphatic rings. The van der Waals surface area contributed by atoms with Crippen LogP contribution >= 0.6 is 11.6 Å². The fourth-order valence-electron chi connectivity index (χ4n) is 2.13. The number of hydrogen-bond donors (Lipinski definition) is 1. The Morgan fingerprint density at radius 3 is 2.88 bits per heavy atom. The SMILES string of the molecule is Cc1nn(CC(C)C)c(Cl)c1/C=N\NC(=O)Cn1ccccc1=O. The number of amides is 1. The summed E-state index contributed by atoms with van der Waals surface area (Å²) < 4.78 is 3.01. The molecule has 1 amide bonds. The van der Waals surface area contributed by atoms with Gasteiger partial charge in [-0.15, -0.1) is 0 Å². The second-order valence-corrected chi connectivity index (χ2v) is 6.18. The normalized spacial score (nSPS) is 11.4. The van der Waals surface area contributed by atoms with Crippen LogP contribution in [0, 0.1) is 12.8 Å². The fraction of sp³-hybridized carbons (Fsp3) is 0.375. The molecule has 0 bridgehead atoms. The number of halogens is 1. The molecule has 0 aliphatic heterocycles. The number of hydrazone groups is 1. The van der Waals surface area contributed by atoms with Crippen molar-refractivity contribution in [2.75, 3.05) is 0 Å². The Kier molecular flexibility index (Phi) is 5.92. The highest BCUT2D eigenvalue weighted by atomic mass is 35.5. The van der Waals surface area contributed by atoms with Crippen molar-refractivity contribution in [3.63, 3.8) is 0 Å². The Bertz CT molecular complexity index is 807. The van der Waals surface area contributed by atoms with Gasteiger partial charge in [0, 0.05) is 18.8 Å². The van der Waals surface area contributed by atoms with Gasteiger partial charge in [0.15, 0.2) is 0 Å². The highest BCUT2D eigenvalue weighted by Crippen LogP contribution is 2.18. The van der Waals surface area contributed by atoms with Crippen LogP contribution in [0.4, 0.5) is 0 Å². The number of aryl methyl sites for hydroxylation is 1. The van der Waals surface area contributed by atoms with E-state index in [1.54, 1.807) is 23.0 Å². The molecule has 7 nitrogen and oxygen atoms in total. The van der Waals surface area contributed by atoms with Crippen molar-refractivity contribution in [3.8, 4) is 0 Å². The monoisotopic (exact) mass is 349 g/mol. The Balaban J connectivity index is 2.01. The highest BCUT2D eigenvalue weighted by molar-refractivity contribution is 6.32. The van der Waals surface area contributed by atoms with Crippen LogP contribution in [0.5, 0.6) is 0 Å². The molecular weight excluding hydrogens is 330 g/mol. The first-order valence-corrected chi connectivity index (χ1v) is 7.96. The van der Waals surface area contributed by atoms with Crippen LogP contribution in [0.2, 0.25) is 5.15 Å². The third-order valence-electron chi connectivity index (χ3n) is 3.24. The van der Waals surface area contributed by atoms with Gasteiger partial charge in [0.25, 0.3) is 11.5 Å². The summed E-state index contributed by atoms with van der Waals surface area (Å²) in [5.74, 6) is 0.0124. The first kappa shape index (κ1) is 17.9. The molecule has 0 radical (unpaired) electrons. The number of nitrogens with zero attached hydrogens (tertiary/aromatic N) is 4. The summed E-state index contributed by atoms with van der Waals surface area (Å²) in [7, 11) is 0. The molecule has 0 aromatic carbocycles. The summed E-state index contributed by atoms with van der Waals surface area (Å²) in [4.78, 5) is 23.4. The summed E-state index contributed by atoms with van der Waals surface area (Å²) in [6.07, 6.45) is 3.01. The summed E-state index contributed by atoms with van der Waals surface area (Å²) >= 11 is 6.29. The van der Waals surface area contributed by atoms with Gasteiger partial charge in [0.2, 0.25) is 0 Å². The minimum atomic E-state index is -0.400. The maximum absolute atomic E-state index is 11.8. The Hall–Kier alpha value is -2.41. The van der Waals surface area contributed by atoms with Gasteiger partial charge in [-0.3, -0.25) is 14.3 Å². The minimum Gasteiger partial charge on any atom is -0.306 e. The molecule has 0 atom stereocenters. The second-order valence-electron chi connectivity index (χ2n) is 5.83. The summed E-state index contributed by atoms with van der Waals surface area (Å²) in [6, 6.07) is 4.70. The summed E-state index contributed by atoms with van der Waals surface area (Å²) in [5, 5.41) is 8.75. The molecule has 0 aliphatic carbocycles. The Morgan fingerprint density at radius 1 is 1.46 bits per heavy atom. The summed E-state index contributed by atoms with van der Waals surface area (Å²) in [5.41, 5.74) is 3.54. The minimum absolute atomic E-state index is 0.101. The zero-order valence-electron chi connectivity index (χ0n) is 13.9. The van der Waals surface area contributed by atoms with Crippen molar-refractivity contribution in [1.29, 1.82) is 0 Å². The van der Waals surface area contributed by atoms with Gasteiger partial charge in [-0.2, -0.15) is 10.2 Å². The van der Waals surface area contributed by atoms with E-state index in [2.05, 4.69) is 29.5 Å². The van der Waals surface area contributed by atoms with Crippen LogP contribution in [0.25, 0.3) is 0 Å². The van der Waals surface area contributed by atoms with Gasteiger partial charge in [-0.1, -0.05) is 31.5 Å². The van der Waals surface area contributed by atoms with Crippen molar-refractivity contribution in [3.05, 3.63) is 51.2 Å². The van der Waals surface area contributed by atoms with E-state index in [0.29, 0.717) is 23.2 Å². The Labute approximate surface area is 144 Å². The van der Waals surface area contributed by atoms with E-state index in [1.807, 2.05) is 6.92 Å². The molecule has 0 unspecified atom stereocenters. The number of hydrogen-bond acceptors (Lipinski definition) is 4. The number of aromatic nitrogens is 3. The number of carbonyl (C=O) groups is 1. The van der Waals surface area contributed by atoms with Gasteiger partial charge < -0.3 is 4.57 Å². The zero-order chi connectivity index (χ0) is 17.7. The molecule has 128 valence electrons. The van der Waals surface area contributed by atoms with Crippen LogP contribution in [0.15, 0.2) is 34.3 Å². The molecule has 0 saturated carbocycles. The first-order chi connectivity index (χ1) is 11.4. The van der Waals surface area contributed by atoms with Gasteiger partial charge in [-0.25, -0.2) is 5.43 Å². The standard InChI is InChI=1S/C16H20ClN5O2/c1-11(2)9-22-16(17)13(12(3)20-22)8-18-19-14(23)10-21-7-5-4-6-15(21)24/h4-8,11H,9-10H2,1-3H3,(H,19,23)/b18-8-. The van der Waals surface area contributed by atoms with Crippen LogP contribution in [-0.4, -0.2) is 26.5 Å². The average Bonchev–Trinajstić information content (AvgIpc) is 2.76. The van der Waals surface area contributed by atoms with Gasteiger partial charge in [0.1, 0.15) is 11.7 Å². The lowest BCUT2D eigenvalue weighted by Crippen LogP contribution is -2.29. The molecule has 2 rings (SSSR count). The number of carbonyl (C=O) groups excluding carboxylic acids is 1. The Morgan fingerprint density at radius 2 is 2.21 bits per heavy atom. The lowest BCUT2D eigenvalue weighted by Gasteiger charge is -2.05. The fourth-order valence-corrected chi connectivity index (χ4v) is 2.42. The lowest BCUT2D eigenvalue weighted by atomic mass is 10.2. The second kappa shape index (κ2) is 7.92. The van der Waals surface area contributed by atoms with Crippen molar-refractivity contribution in [2.24, 2.45) is 11.0 Å². The van der Waals surface area contributed by atoms with E-state index in [-0.39, 0.29) is 12.1 Å². The van der Waals surface area contributed by atoms with Crippen molar-refractivity contribution in [2.45, 2.75) is 33.9 Å². The van der Waals surface area contributed by atoms with Crippen LogP contribution in [-0.2, 0) is 17.9 Å². The molecular formula is C16H20ClN5O2. The molecule has 2 aromatic heterocycles. The topological polar surface area (TPSA) is 81.3 Å². The van der Waals surface area contributed by atoms with E-state index >= 15 is 0 Å². The lowest BCUT2D eigenvalue weighted by molar-refractivity contribution is -0.121. The van der Waals surface area contributed by atoms with E-state index < -0.39 is 5.91 Å². The maximum Gasteiger partial charge on any atom is 0.260 e. The largest absolute Gasteiger partial charge is 0.306 e. The third-order valence-corrected chi connectivity index (χ3v) is 3.64. The maximum atomic E-state index is 11.8. The smallest absolute Gasteiger partial charge is 0.260 e. The van der Waals surface area contributed by atoms with Crippen molar-refractivity contribution in [1.82, 2.24) is 19.8 Å². The molecule has 0 fully saturated rings. The van der Waals surface area contributed by atoms with Crippen molar-refractivity contribution < 1.29 is 4.79 Å². The van der Waals surface area contributed by atoms with Crippen molar-refractivity contribution >= 4 is 23.7 Å². The van der Waals surface area contributed by atoms with Crippen LogP contribution in [0.1, 0.15) is 25.1 Å². The molecule has 1 N–H and O–H groups in total. The number of nitrogens with one attached hydrogen (secondary N) is 1. The molecule has 0 saturated heterocycles. The average molecular weight is 350 g/mol. The summed E-state index contributed by atoms with van der Waals surface area (Å²) in [6.45, 7) is 6.59. The molecule has 2 heterocycles. The first-order valence-electron chi connectivity index (χ1n) is 7.58. The predicted octanol–water partition coefficient (Wildman–Crippen LogP) is 1.81. The van der Waals surface area contributed by atoms with E-state index in [4.69, 9.17) is 11.6 Å². The van der Waals surface area contributed by atoms with Gasteiger partial charge in [-0.05, 0) is 18.9 Å². The molecule has 8 heteroatoms. The quantitative estimate of drug-likeness (QED) is 0.638. The predicted molar refractivity (Wildman–Crippen MR) is 93.3 cm³/mol. The van der Waals surface area contributed by atoms with E-state index in [9.17, 15) is 9.59 Å². The van der Waals surface area contributed by atoms with Gasteiger partial charge >= 0.3 is 0 Å².